The summed E-state index contributed by atoms with van der Waals surface area (Å²) in [5, 5.41) is 9.28. The average Bonchev–Trinajstić information content (AvgIpc) is 2.58. The van der Waals surface area contributed by atoms with Crippen molar-refractivity contribution in [3.63, 3.8) is 0 Å². The van der Waals surface area contributed by atoms with Crippen molar-refractivity contribution in [3.05, 3.63) is 0 Å². The van der Waals surface area contributed by atoms with E-state index in [0.717, 1.165) is 0 Å². The highest BCUT2D eigenvalue weighted by Crippen LogP contribution is 2.53. The number of hydrogen-bond donors (Lipinski definition) is 0. The SMILES string of the molecule is CN(C)C1(C#N)C2CCC1CC2. The van der Waals surface area contributed by atoms with Crippen molar-refractivity contribution in [2.24, 2.45) is 11.8 Å². The van der Waals surface area contributed by atoms with Crippen LogP contribution in [0.4, 0.5) is 0 Å². The van der Waals surface area contributed by atoms with Crippen LogP contribution in [0.25, 0.3) is 0 Å². The van der Waals surface area contributed by atoms with Crippen molar-refractivity contribution in [3.8, 4) is 6.07 Å². The Labute approximate surface area is 74.2 Å². The molecule has 0 unspecified atom stereocenters. The summed E-state index contributed by atoms with van der Waals surface area (Å²) in [5.74, 6) is 1.31. The van der Waals surface area contributed by atoms with E-state index in [4.69, 9.17) is 0 Å². The highest BCUT2D eigenvalue weighted by molar-refractivity contribution is 5.21. The van der Waals surface area contributed by atoms with E-state index >= 15 is 0 Å². The normalized spacial score (nSPS) is 45.2. The summed E-state index contributed by atoms with van der Waals surface area (Å²) in [5.41, 5.74) is -0.0972. The largest absolute Gasteiger partial charge is 0.291 e. The molecule has 2 saturated carbocycles. The first-order chi connectivity index (χ1) is 5.71. The third-order valence-electron chi connectivity index (χ3n) is 3.89. The van der Waals surface area contributed by atoms with Crippen LogP contribution in [0.3, 0.4) is 0 Å². The van der Waals surface area contributed by atoms with Crippen LogP contribution < -0.4 is 0 Å². The Bertz CT molecular complexity index is 206. The summed E-state index contributed by atoms with van der Waals surface area (Å²) in [6, 6.07) is 2.56. The van der Waals surface area contributed by atoms with E-state index in [-0.39, 0.29) is 5.54 Å². The van der Waals surface area contributed by atoms with Crippen molar-refractivity contribution < 1.29 is 0 Å². The van der Waals surface area contributed by atoms with E-state index in [1.165, 1.54) is 25.7 Å². The first-order valence-electron chi connectivity index (χ1n) is 4.80. The fourth-order valence-electron chi connectivity index (χ4n) is 3.32. The highest BCUT2D eigenvalue weighted by Gasteiger charge is 2.56. The minimum atomic E-state index is -0.0972. The van der Waals surface area contributed by atoms with Crippen LogP contribution in [-0.4, -0.2) is 24.5 Å². The summed E-state index contributed by atoms with van der Waals surface area (Å²) < 4.78 is 0. The molecule has 2 aliphatic carbocycles. The molecule has 0 radical (unpaired) electrons. The molecule has 0 spiro atoms. The third-order valence-corrected chi connectivity index (χ3v) is 3.89. The minimum absolute atomic E-state index is 0.0972. The molecule has 0 aliphatic heterocycles. The standard InChI is InChI=1S/C10H16N2/c1-12(2)10(7-11)8-3-4-9(10)6-5-8/h8-9H,3-6H2,1-2H3. The minimum Gasteiger partial charge on any atom is -0.291 e. The van der Waals surface area contributed by atoms with E-state index in [1.807, 2.05) is 0 Å². The maximum Gasteiger partial charge on any atom is 0.114 e. The predicted octanol–water partition coefficient (Wildman–Crippen LogP) is 1.63. The molecule has 0 N–H and O–H groups in total. The summed E-state index contributed by atoms with van der Waals surface area (Å²) in [4.78, 5) is 2.16. The van der Waals surface area contributed by atoms with E-state index in [0.29, 0.717) is 11.8 Å². The lowest BCUT2D eigenvalue weighted by Gasteiger charge is -2.33. The van der Waals surface area contributed by atoms with Gasteiger partial charge in [-0.05, 0) is 51.6 Å². The van der Waals surface area contributed by atoms with Gasteiger partial charge in [0.15, 0.2) is 0 Å². The van der Waals surface area contributed by atoms with Crippen LogP contribution in [0.1, 0.15) is 25.7 Å². The van der Waals surface area contributed by atoms with Crippen molar-refractivity contribution >= 4 is 0 Å². The number of nitriles is 1. The van der Waals surface area contributed by atoms with Gasteiger partial charge in [0.2, 0.25) is 0 Å². The molecule has 0 atom stereocenters. The Balaban J connectivity index is 2.36. The zero-order valence-corrected chi connectivity index (χ0v) is 7.88. The molecule has 0 aromatic rings. The van der Waals surface area contributed by atoms with Crippen LogP contribution in [0.15, 0.2) is 0 Å². The maximum absolute atomic E-state index is 9.28. The topological polar surface area (TPSA) is 27.0 Å². The van der Waals surface area contributed by atoms with Gasteiger partial charge in [0.05, 0.1) is 6.07 Å². The van der Waals surface area contributed by atoms with Crippen LogP contribution in [-0.2, 0) is 0 Å². The quantitative estimate of drug-likeness (QED) is 0.589. The molecule has 2 fully saturated rings. The van der Waals surface area contributed by atoms with Crippen molar-refractivity contribution in [1.29, 1.82) is 5.26 Å². The molecule has 2 heteroatoms. The second-order valence-corrected chi connectivity index (χ2v) is 4.38. The second-order valence-electron chi connectivity index (χ2n) is 4.38. The summed E-state index contributed by atoms with van der Waals surface area (Å²) in [6.45, 7) is 0. The fraction of sp³-hybridized carbons (Fsp3) is 0.900. The number of nitrogens with zero attached hydrogens (tertiary/aromatic N) is 2. The molecular weight excluding hydrogens is 148 g/mol. The molecule has 2 nitrogen and oxygen atoms in total. The molecule has 12 heavy (non-hydrogen) atoms. The van der Waals surface area contributed by atoms with Crippen molar-refractivity contribution in [2.45, 2.75) is 31.2 Å². The molecule has 0 aromatic carbocycles. The summed E-state index contributed by atoms with van der Waals surface area (Å²) in [7, 11) is 4.11. The van der Waals surface area contributed by atoms with Gasteiger partial charge in [-0.15, -0.1) is 0 Å². The van der Waals surface area contributed by atoms with E-state index in [9.17, 15) is 5.26 Å². The van der Waals surface area contributed by atoms with Crippen LogP contribution in [0.5, 0.6) is 0 Å². The molecule has 2 aliphatic rings. The molecule has 0 saturated heterocycles. The van der Waals surface area contributed by atoms with Gasteiger partial charge in [0, 0.05) is 0 Å². The number of fused-ring (bicyclic) bond motifs is 2. The third kappa shape index (κ3) is 0.728. The van der Waals surface area contributed by atoms with Crippen LogP contribution in [0, 0.1) is 23.2 Å². The summed E-state index contributed by atoms with van der Waals surface area (Å²) in [6.07, 6.45) is 5.10. The Morgan fingerprint density at radius 1 is 1.17 bits per heavy atom. The zero-order chi connectivity index (χ0) is 8.77. The fourth-order valence-corrected chi connectivity index (χ4v) is 3.32. The highest BCUT2D eigenvalue weighted by atomic mass is 15.2. The van der Waals surface area contributed by atoms with Gasteiger partial charge < -0.3 is 0 Å². The van der Waals surface area contributed by atoms with Crippen molar-refractivity contribution in [2.75, 3.05) is 14.1 Å². The average molecular weight is 164 g/mol. The van der Waals surface area contributed by atoms with Gasteiger partial charge in [0.1, 0.15) is 5.54 Å². The molecule has 66 valence electrons. The Morgan fingerprint density at radius 2 is 1.58 bits per heavy atom. The van der Waals surface area contributed by atoms with E-state index in [2.05, 4.69) is 25.1 Å². The van der Waals surface area contributed by atoms with Gasteiger partial charge in [0.25, 0.3) is 0 Å². The zero-order valence-electron chi connectivity index (χ0n) is 7.88. The van der Waals surface area contributed by atoms with E-state index < -0.39 is 0 Å². The van der Waals surface area contributed by atoms with Gasteiger partial charge in [-0.1, -0.05) is 0 Å². The molecule has 0 amide bonds. The predicted molar refractivity (Wildman–Crippen MR) is 47.5 cm³/mol. The molecular formula is C10H16N2. The van der Waals surface area contributed by atoms with Crippen molar-refractivity contribution in [1.82, 2.24) is 4.90 Å². The van der Waals surface area contributed by atoms with Gasteiger partial charge in [-0.2, -0.15) is 5.26 Å². The lowest BCUT2D eigenvalue weighted by atomic mass is 9.88. The van der Waals surface area contributed by atoms with Crippen LogP contribution in [0.2, 0.25) is 0 Å². The second kappa shape index (κ2) is 2.47. The molecule has 0 aromatic heterocycles. The molecule has 2 bridgehead atoms. The first kappa shape index (κ1) is 8.07. The molecule has 0 heterocycles. The lowest BCUT2D eigenvalue weighted by Crippen LogP contribution is -2.47. The Kier molecular flexibility index (Phi) is 1.66. The maximum atomic E-state index is 9.28. The van der Waals surface area contributed by atoms with Gasteiger partial charge in [-0.25, -0.2) is 0 Å². The van der Waals surface area contributed by atoms with Gasteiger partial charge >= 0.3 is 0 Å². The number of hydrogen-bond acceptors (Lipinski definition) is 2. The van der Waals surface area contributed by atoms with Crippen LogP contribution >= 0.6 is 0 Å². The first-order valence-corrected chi connectivity index (χ1v) is 4.80. The Hall–Kier alpha value is -0.550. The van der Waals surface area contributed by atoms with E-state index in [1.54, 1.807) is 0 Å². The molecule has 2 rings (SSSR count). The lowest BCUT2D eigenvalue weighted by molar-refractivity contribution is 0.159. The smallest absolute Gasteiger partial charge is 0.114 e. The summed E-state index contributed by atoms with van der Waals surface area (Å²) >= 11 is 0. The Morgan fingerprint density at radius 3 is 1.75 bits per heavy atom. The number of rotatable bonds is 1. The monoisotopic (exact) mass is 164 g/mol. The van der Waals surface area contributed by atoms with Gasteiger partial charge in [-0.3, -0.25) is 4.90 Å².